The first-order valence-electron chi connectivity index (χ1n) is 11.5. The van der Waals surface area contributed by atoms with E-state index in [1.54, 1.807) is 0 Å². The maximum atomic E-state index is 6.24. The van der Waals surface area contributed by atoms with Crippen LogP contribution >= 0.6 is 0 Å². The Hall–Kier alpha value is -3.49. The van der Waals surface area contributed by atoms with Crippen molar-refractivity contribution < 1.29 is 9.15 Å². The predicted octanol–water partition coefficient (Wildman–Crippen LogP) is 4.26. The molecular weight excluding hydrogens is 416 g/mol. The third-order valence-electron chi connectivity index (χ3n) is 6.11. The Balaban J connectivity index is 1.56. The predicted molar refractivity (Wildman–Crippen MR) is 129 cm³/mol. The van der Waals surface area contributed by atoms with Crippen molar-refractivity contribution in [1.29, 1.82) is 0 Å². The van der Waals surface area contributed by atoms with Crippen LogP contribution in [-0.2, 0) is 11.3 Å². The maximum absolute atomic E-state index is 6.24. The Labute approximate surface area is 191 Å². The lowest BCUT2D eigenvalue weighted by Crippen LogP contribution is -2.37. The number of anilines is 1. The quantitative estimate of drug-likeness (QED) is 0.380. The van der Waals surface area contributed by atoms with Gasteiger partial charge in [-0.3, -0.25) is 0 Å². The number of H-pyrrole nitrogens is 1. The summed E-state index contributed by atoms with van der Waals surface area (Å²) in [4.78, 5) is 20.1. The number of nitrogens with zero attached hydrogens (tertiary/aromatic N) is 4. The van der Waals surface area contributed by atoms with Gasteiger partial charge in [-0.25, -0.2) is 15.0 Å². The van der Waals surface area contributed by atoms with Crippen LogP contribution < -0.4 is 10.2 Å². The van der Waals surface area contributed by atoms with E-state index in [1.165, 1.54) is 0 Å². The summed E-state index contributed by atoms with van der Waals surface area (Å²) in [5.74, 6) is 1.49. The van der Waals surface area contributed by atoms with Gasteiger partial charge in [0.15, 0.2) is 17.2 Å². The number of furan rings is 1. The van der Waals surface area contributed by atoms with E-state index in [1.807, 2.05) is 18.5 Å². The van der Waals surface area contributed by atoms with Crippen molar-refractivity contribution in [3.05, 3.63) is 48.3 Å². The van der Waals surface area contributed by atoms with E-state index in [0.29, 0.717) is 30.3 Å². The van der Waals surface area contributed by atoms with Gasteiger partial charge in [-0.15, -0.1) is 0 Å². The van der Waals surface area contributed by atoms with E-state index in [-0.39, 0.29) is 0 Å². The zero-order valence-electron chi connectivity index (χ0n) is 18.6. The summed E-state index contributed by atoms with van der Waals surface area (Å²) in [5.41, 5.74) is 5.24. The Kier molecular flexibility index (Phi) is 5.16. The topological polar surface area (TPSA) is 92.1 Å². The first-order valence-corrected chi connectivity index (χ1v) is 11.5. The molecule has 0 atom stereocenters. The van der Waals surface area contributed by atoms with Crippen molar-refractivity contribution in [3.8, 4) is 11.4 Å². The molecule has 0 spiro atoms. The summed E-state index contributed by atoms with van der Waals surface area (Å²) in [6.45, 7) is 6.75. The fraction of sp³-hybridized carbons (Fsp3) is 0.320. The van der Waals surface area contributed by atoms with Gasteiger partial charge in [0.1, 0.15) is 5.52 Å². The van der Waals surface area contributed by atoms with Crippen LogP contribution in [0.2, 0.25) is 0 Å². The second-order valence-electron chi connectivity index (χ2n) is 8.37. The van der Waals surface area contributed by atoms with Gasteiger partial charge in [0, 0.05) is 48.5 Å². The minimum atomic E-state index is 0.588. The Morgan fingerprint density at radius 2 is 2.03 bits per heavy atom. The molecule has 2 N–H and O–H groups in total. The van der Waals surface area contributed by atoms with E-state index >= 15 is 0 Å². The number of pyridine rings is 1. The van der Waals surface area contributed by atoms with Crippen LogP contribution in [0.5, 0.6) is 0 Å². The molecule has 0 unspecified atom stereocenters. The molecule has 4 aromatic heterocycles. The molecule has 1 saturated heterocycles. The molecule has 0 radical (unpaired) electrons. The second kappa shape index (κ2) is 8.46. The zero-order valence-corrected chi connectivity index (χ0v) is 18.6. The van der Waals surface area contributed by atoms with E-state index in [9.17, 15) is 0 Å². The molecule has 1 fully saturated rings. The smallest absolute Gasteiger partial charge is 0.229 e. The van der Waals surface area contributed by atoms with Gasteiger partial charge in [0.2, 0.25) is 5.71 Å². The summed E-state index contributed by atoms with van der Waals surface area (Å²) < 4.78 is 11.8. The number of aromatic amines is 1. The number of hydrogen-bond donors (Lipinski definition) is 2. The van der Waals surface area contributed by atoms with Crippen molar-refractivity contribution in [2.24, 2.45) is 0 Å². The van der Waals surface area contributed by atoms with Gasteiger partial charge in [0.25, 0.3) is 0 Å². The lowest BCUT2D eigenvalue weighted by molar-refractivity contribution is 0.122. The summed E-state index contributed by atoms with van der Waals surface area (Å²) in [7, 11) is 0. The highest BCUT2D eigenvalue weighted by Gasteiger charge is 2.23. The Morgan fingerprint density at radius 3 is 2.91 bits per heavy atom. The summed E-state index contributed by atoms with van der Waals surface area (Å²) >= 11 is 0. The van der Waals surface area contributed by atoms with Gasteiger partial charge in [-0.1, -0.05) is 19.1 Å². The number of rotatable bonds is 6. The van der Waals surface area contributed by atoms with E-state index < -0.39 is 0 Å². The molecular formula is C25H26N6O2. The first-order chi connectivity index (χ1) is 16.3. The standard InChI is InChI=1S/C25H26N6O2/c1-2-7-26-14-16-13-19-21-22(33-25(19)28-15-16)24(31-9-11-32-12-10-31)30-23(29-21)18-4-3-5-20-17(18)6-8-27-20/h3-6,8,13,15,26-27H,2,7,9-12,14H2,1H3. The van der Waals surface area contributed by atoms with Crippen molar-refractivity contribution in [2.45, 2.75) is 19.9 Å². The van der Waals surface area contributed by atoms with Gasteiger partial charge in [-0.2, -0.15) is 0 Å². The molecule has 1 aromatic carbocycles. The third-order valence-corrected chi connectivity index (χ3v) is 6.11. The van der Waals surface area contributed by atoms with Crippen LogP contribution in [0, 0.1) is 0 Å². The number of benzene rings is 1. The summed E-state index contributed by atoms with van der Waals surface area (Å²) in [5, 5.41) is 5.46. The normalized spacial score (nSPS) is 14.6. The molecule has 168 valence electrons. The molecule has 5 aromatic rings. The minimum absolute atomic E-state index is 0.588. The zero-order chi connectivity index (χ0) is 22.2. The van der Waals surface area contributed by atoms with Crippen LogP contribution in [0.4, 0.5) is 5.82 Å². The Morgan fingerprint density at radius 1 is 1.12 bits per heavy atom. The van der Waals surface area contributed by atoms with Crippen LogP contribution in [0.25, 0.3) is 44.5 Å². The molecule has 0 bridgehead atoms. The average Bonchev–Trinajstić information content (AvgIpc) is 3.48. The molecule has 1 aliphatic heterocycles. The molecule has 33 heavy (non-hydrogen) atoms. The summed E-state index contributed by atoms with van der Waals surface area (Å²) in [6, 6.07) is 10.4. The summed E-state index contributed by atoms with van der Waals surface area (Å²) in [6.07, 6.45) is 4.91. The average molecular weight is 443 g/mol. The van der Waals surface area contributed by atoms with Crippen LogP contribution in [0.15, 0.2) is 47.1 Å². The number of aromatic nitrogens is 4. The number of ether oxygens (including phenoxy) is 1. The van der Waals surface area contributed by atoms with Crippen molar-refractivity contribution >= 4 is 38.9 Å². The number of nitrogens with one attached hydrogen (secondary N) is 2. The number of morpholine rings is 1. The van der Waals surface area contributed by atoms with E-state index in [2.05, 4.69) is 51.4 Å². The lowest BCUT2D eigenvalue weighted by Gasteiger charge is -2.27. The molecule has 0 amide bonds. The monoisotopic (exact) mass is 442 g/mol. The van der Waals surface area contributed by atoms with Crippen LogP contribution in [0.3, 0.4) is 0 Å². The van der Waals surface area contributed by atoms with Crippen molar-refractivity contribution in [1.82, 2.24) is 25.3 Å². The maximum Gasteiger partial charge on any atom is 0.229 e. The molecule has 0 aliphatic carbocycles. The molecule has 5 heterocycles. The van der Waals surface area contributed by atoms with Crippen LogP contribution in [-0.4, -0.2) is 52.8 Å². The molecule has 6 rings (SSSR count). The van der Waals surface area contributed by atoms with E-state index in [0.717, 1.165) is 71.4 Å². The number of hydrogen-bond acceptors (Lipinski definition) is 7. The third kappa shape index (κ3) is 3.61. The lowest BCUT2D eigenvalue weighted by atomic mass is 10.1. The minimum Gasteiger partial charge on any atom is -0.432 e. The van der Waals surface area contributed by atoms with Crippen LogP contribution in [0.1, 0.15) is 18.9 Å². The fourth-order valence-electron chi connectivity index (χ4n) is 4.45. The second-order valence-corrected chi connectivity index (χ2v) is 8.37. The highest BCUT2D eigenvalue weighted by Crippen LogP contribution is 2.36. The SMILES string of the molecule is CCCNCc1cnc2oc3c(N4CCOCC4)nc(-c4cccc5[nH]ccc45)nc3c2c1. The first kappa shape index (κ1) is 20.1. The van der Waals surface area contributed by atoms with E-state index in [4.69, 9.17) is 19.1 Å². The van der Waals surface area contributed by atoms with Gasteiger partial charge >= 0.3 is 0 Å². The molecule has 8 heteroatoms. The van der Waals surface area contributed by atoms with Crippen molar-refractivity contribution in [3.63, 3.8) is 0 Å². The largest absolute Gasteiger partial charge is 0.432 e. The fourth-order valence-corrected chi connectivity index (χ4v) is 4.45. The van der Waals surface area contributed by atoms with Crippen molar-refractivity contribution in [2.75, 3.05) is 37.7 Å². The molecule has 8 nitrogen and oxygen atoms in total. The Bertz CT molecular complexity index is 1430. The van der Waals surface area contributed by atoms with Gasteiger partial charge in [0.05, 0.1) is 18.6 Å². The number of fused-ring (bicyclic) bond motifs is 4. The molecule has 0 saturated carbocycles. The highest BCUT2D eigenvalue weighted by molar-refractivity contribution is 6.06. The van der Waals surface area contributed by atoms with Gasteiger partial charge < -0.3 is 24.4 Å². The van der Waals surface area contributed by atoms with Gasteiger partial charge in [-0.05, 0) is 36.7 Å². The molecule has 1 aliphatic rings. The highest BCUT2D eigenvalue weighted by atomic mass is 16.5.